The van der Waals surface area contributed by atoms with Crippen molar-refractivity contribution < 1.29 is 13.9 Å². The number of ether oxygens (including phenoxy) is 1. The monoisotopic (exact) mass is 391 g/mol. The van der Waals surface area contributed by atoms with Gasteiger partial charge in [-0.2, -0.15) is 0 Å². The number of nitrogens with one attached hydrogen (secondary N) is 2. The quantitative estimate of drug-likeness (QED) is 0.559. The summed E-state index contributed by atoms with van der Waals surface area (Å²) in [5, 5.41) is 6.91. The van der Waals surface area contributed by atoms with Crippen molar-refractivity contribution in [2.75, 3.05) is 53.0 Å². The summed E-state index contributed by atoms with van der Waals surface area (Å²) < 4.78 is 11.4. The standard InChI is InChI=1S/C20H33N5O3/c1-4-19(26)25-8-7-16(14-25)23-20(21-3)22-13-17(18-6-5-15(2)28-18)24-9-11-27-12-10-24/h5-6,16-17H,4,7-14H2,1-3H3,(H2,21,22,23). The Hall–Kier alpha value is -2.06. The molecule has 2 aliphatic heterocycles. The summed E-state index contributed by atoms with van der Waals surface area (Å²) >= 11 is 0. The van der Waals surface area contributed by atoms with E-state index in [1.54, 1.807) is 7.05 Å². The molecular formula is C20H33N5O3. The number of morpholine rings is 1. The van der Waals surface area contributed by atoms with E-state index in [-0.39, 0.29) is 18.0 Å². The highest BCUT2D eigenvalue weighted by Gasteiger charge is 2.28. The smallest absolute Gasteiger partial charge is 0.222 e. The van der Waals surface area contributed by atoms with Crippen LogP contribution >= 0.6 is 0 Å². The van der Waals surface area contributed by atoms with Gasteiger partial charge >= 0.3 is 0 Å². The van der Waals surface area contributed by atoms with Crippen LogP contribution in [0, 0.1) is 6.92 Å². The SMILES string of the molecule is CCC(=O)N1CCC(NC(=NC)NCC(c2ccc(C)o2)N2CCOCC2)C1. The second kappa shape index (κ2) is 9.93. The number of hydrogen-bond acceptors (Lipinski definition) is 5. The van der Waals surface area contributed by atoms with Gasteiger partial charge in [0.2, 0.25) is 5.91 Å². The highest BCUT2D eigenvalue weighted by Crippen LogP contribution is 2.23. The molecule has 2 aliphatic rings. The van der Waals surface area contributed by atoms with Gasteiger partial charge in [-0.25, -0.2) is 0 Å². The van der Waals surface area contributed by atoms with Gasteiger partial charge in [-0.3, -0.25) is 14.7 Å². The topological polar surface area (TPSA) is 82.3 Å². The van der Waals surface area contributed by atoms with Crippen molar-refractivity contribution in [2.24, 2.45) is 4.99 Å². The van der Waals surface area contributed by atoms with Gasteiger partial charge in [0.05, 0.1) is 19.3 Å². The van der Waals surface area contributed by atoms with Crippen LogP contribution in [0.5, 0.6) is 0 Å². The molecule has 1 aromatic rings. The molecular weight excluding hydrogens is 358 g/mol. The summed E-state index contributed by atoms with van der Waals surface area (Å²) in [7, 11) is 1.78. The van der Waals surface area contributed by atoms with Crippen LogP contribution in [0.1, 0.15) is 37.3 Å². The van der Waals surface area contributed by atoms with E-state index in [2.05, 4.69) is 26.6 Å². The molecule has 0 radical (unpaired) electrons. The van der Waals surface area contributed by atoms with Crippen LogP contribution in [0.4, 0.5) is 0 Å². The normalized spacial score (nSPS) is 22.3. The van der Waals surface area contributed by atoms with Gasteiger partial charge in [-0.15, -0.1) is 0 Å². The molecule has 0 aromatic carbocycles. The Kier molecular flexibility index (Phi) is 7.33. The molecule has 3 heterocycles. The summed E-state index contributed by atoms with van der Waals surface area (Å²) in [6.07, 6.45) is 1.50. The number of rotatable bonds is 6. The zero-order chi connectivity index (χ0) is 19.9. The molecule has 3 rings (SSSR count). The molecule has 1 aromatic heterocycles. The third-order valence-corrected chi connectivity index (χ3v) is 5.45. The van der Waals surface area contributed by atoms with E-state index >= 15 is 0 Å². The molecule has 2 unspecified atom stereocenters. The minimum atomic E-state index is 0.123. The van der Waals surface area contributed by atoms with Crippen molar-refractivity contribution in [1.29, 1.82) is 0 Å². The fourth-order valence-electron chi connectivity index (χ4n) is 3.84. The molecule has 0 spiro atoms. The minimum Gasteiger partial charge on any atom is -0.465 e. The lowest BCUT2D eigenvalue weighted by molar-refractivity contribution is -0.129. The summed E-state index contributed by atoms with van der Waals surface area (Å²) in [6, 6.07) is 4.42. The van der Waals surface area contributed by atoms with Crippen LogP contribution in [0.3, 0.4) is 0 Å². The number of furan rings is 1. The molecule has 0 bridgehead atoms. The van der Waals surface area contributed by atoms with Crippen LogP contribution in [0.25, 0.3) is 0 Å². The lowest BCUT2D eigenvalue weighted by Gasteiger charge is -2.33. The molecule has 8 heteroatoms. The Morgan fingerprint density at radius 3 is 2.75 bits per heavy atom. The van der Waals surface area contributed by atoms with Crippen LogP contribution in [0.2, 0.25) is 0 Å². The predicted octanol–water partition coefficient (Wildman–Crippen LogP) is 1.14. The van der Waals surface area contributed by atoms with Crippen molar-refractivity contribution in [3.05, 3.63) is 23.7 Å². The van der Waals surface area contributed by atoms with E-state index < -0.39 is 0 Å². The van der Waals surface area contributed by atoms with Crippen molar-refractivity contribution >= 4 is 11.9 Å². The molecule has 156 valence electrons. The number of carbonyl (C=O) groups excluding carboxylic acids is 1. The van der Waals surface area contributed by atoms with Crippen LogP contribution in [-0.4, -0.2) is 80.7 Å². The number of carbonyl (C=O) groups is 1. The van der Waals surface area contributed by atoms with Crippen molar-refractivity contribution in [3.8, 4) is 0 Å². The first-order chi connectivity index (χ1) is 13.6. The minimum absolute atomic E-state index is 0.123. The summed E-state index contributed by atoms with van der Waals surface area (Å²) in [6.45, 7) is 9.36. The maximum absolute atomic E-state index is 11.9. The first-order valence-corrected chi connectivity index (χ1v) is 10.2. The van der Waals surface area contributed by atoms with Crippen LogP contribution in [0.15, 0.2) is 21.5 Å². The van der Waals surface area contributed by atoms with Gasteiger partial charge in [-0.1, -0.05) is 6.92 Å². The second-order valence-electron chi connectivity index (χ2n) is 7.39. The fourth-order valence-corrected chi connectivity index (χ4v) is 3.84. The van der Waals surface area contributed by atoms with E-state index in [0.717, 1.165) is 63.3 Å². The van der Waals surface area contributed by atoms with E-state index in [0.29, 0.717) is 13.0 Å². The number of guanidine groups is 1. The second-order valence-corrected chi connectivity index (χ2v) is 7.39. The summed E-state index contributed by atoms with van der Waals surface area (Å²) in [5.41, 5.74) is 0. The molecule has 2 fully saturated rings. The number of nitrogens with zero attached hydrogens (tertiary/aromatic N) is 3. The highest BCUT2D eigenvalue weighted by atomic mass is 16.5. The Morgan fingerprint density at radius 2 is 2.11 bits per heavy atom. The van der Waals surface area contributed by atoms with Gasteiger partial charge in [-0.05, 0) is 25.5 Å². The zero-order valence-corrected chi connectivity index (χ0v) is 17.2. The average Bonchev–Trinajstić information content (AvgIpc) is 3.36. The Labute approximate surface area is 167 Å². The van der Waals surface area contributed by atoms with E-state index in [9.17, 15) is 4.79 Å². The van der Waals surface area contributed by atoms with E-state index in [4.69, 9.17) is 9.15 Å². The fraction of sp³-hybridized carbons (Fsp3) is 0.700. The Balaban J connectivity index is 1.57. The molecule has 8 nitrogen and oxygen atoms in total. The van der Waals surface area contributed by atoms with Crippen molar-refractivity contribution in [1.82, 2.24) is 20.4 Å². The van der Waals surface area contributed by atoms with Gasteiger partial charge in [0.1, 0.15) is 11.5 Å². The number of likely N-dealkylation sites (tertiary alicyclic amines) is 1. The van der Waals surface area contributed by atoms with E-state index in [1.165, 1.54) is 0 Å². The highest BCUT2D eigenvalue weighted by molar-refractivity contribution is 5.80. The molecule has 0 aliphatic carbocycles. The third kappa shape index (κ3) is 5.26. The maximum Gasteiger partial charge on any atom is 0.222 e. The van der Waals surface area contributed by atoms with E-state index in [1.807, 2.05) is 24.8 Å². The van der Waals surface area contributed by atoms with Gasteiger partial charge in [0.25, 0.3) is 0 Å². The summed E-state index contributed by atoms with van der Waals surface area (Å²) in [4.78, 5) is 20.6. The summed E-state index contributed by atoms with van der Waals surface area (Å²) in [5.74, 6) is 2.86. The van der Waals surface area contributed by atoms with Gasteiger partial charge in [0, 0.05) is 52.2 Å². The van der Waals surface area contributed by atoms with Crippen molar-refractivity contribution in [2.45, 2.75) is 38.8 Å². The molecule has 2 atom stereocenters. The average molecular weight is 392 g/mol. The lowest BCUT2D eigenvalue weighted by Crippen LogP contribution is -2.49. The Morgan fingerprint density at radius 1 is 1.32 bits per heavy atom. The lowest BCUT2D eigenvalue weighted by atomic mass is 10.1. The number of hydrogen-bond donors (Lipinski definition) is 2. The van der Waals surface area contributed by atoms with Crippen LogP contribution < -0.4 is 10.6 Å². The molecule has 0 saturated carbocycles. The largest absolute Gasteiger partial charge is 0.465 e. The van der Waals surface area contributed by atoms with Gasteiger partial charge < -0.3 is 24.7 Å². The molecule has 28 heavy (non-hydrogen) atoms. The maximum atomic E-state index is 11.9. The number of aliphatic imine (C=N–C) groups is 1. The predicted molar refractivity (Wildman–Crippen MR) is 108 cm³/mol. The first kappa shape index (κ1) is 20.7. The third-order valence-electron chi connectivity index (χ3n) is 5.45. The Bertz CT molecular complexity index is 669. The number of amides is 1. The number of aryl methyl sites for hydroxylation is 1. The molecule has 2 saturated heterocycles. The zero-order valence-electron chi connectivity index (χ0n) is 17.2. The van der Waals surface area contributed by atoms with Gasteiger partial charge in [0.15, 0.2) is 5.96 Å². The van der Waals surface area contributed by atoms with Crippen LogP contribution in [-0.2, 0) is 9.53 Å². The van der Waals surface area contributed by atoms with Crippen molar-refractivity contribution in [3.63, 3.8) is 0 Å². The molecule has 1 amide bonds. The first-order valence-electron chi connectivity index (χ1n) is 10.2. The molecule has 2 N–H and O–H groups in total.